The minimum Gasteiger partial charge on any atom is -0.508 e. The van der Waals surface area contributed by atoms with E-state index in [1.165, 1.54) is 12.5 Å². The molecule has 0 aliphatic carbocycles. The van der Waals surface area contributed by atoms with E-state index in [9.17, 15) is 0 Å². The van der Waals surface area contributed by atoms with Crippen LogP contribution in [-0.4, -0.2) is 5.11 Å². The number of unbranched alkanes of at least 4 members (excludes halogenated alkanes) is 2. The van der Waals surface area contributed by atoms with Gasteiger partial charge in [-0.15, -0.1) is 0 Å². The van der Waals surface area contributed by atoms with Crippen LogP contribution in [0.3, 0.4) is 0 Å². The smallest absolute Gasteiger partial charge is 0.111 e. The molecule has 0 rings (SSSR count). The van der Waals surface area contributed by atoms with Gasteiger partial charge in [-0.05, 0) is 25.0 Å². The van der Waals surface area contributed by atoms with Crippen molar-refractivity contribution < 1.29 is 5.11 Å². The molecule has 0 bridgehead atoms. The average Bonchev–Trinajstić information content (AvgIpc) is 1.89. The highest BCUT2D eigenvalue weighted by atomic mass is 16.3. The SMILES string of the molecule is C=C/C(O)=C/CCCC. The lowest BCUT2D eigenvalue weighted by Gasteiger charge is -1.89. The van der Waals surface area contributed by atoms with Gasteiger partial charge in [-0.25, -0.2) is 0 Å². The van der Waals surface area contributed by atoms with Crippen LogP contribution in [0.2, 0.25) is 0 Å². The largest absolute Gasteiger partial charge is 0.508 e. The lowest BCUT2D eigenvalue weighted by Crippen LogP contribution is -1.73. The third kappa shape index (κ3) is 5.15. The maximum Gasteiger partial charge on any atom is 0.111 e. The second-order valence-corrected chi connectivity index (χ2v) is 1.98. The van der Waals surface area contributed by atoms with Crippen molar-refractivity contribution in [2.75, 3.05) is 0 Å². The molecule has 0 aromatic rings. The predicted octanol–water partition coefficient (Wildman–Crippen LogP) is 2.80. The summed E-state index contributed by atoms with van der Waals surface area (Å²) in [5, 5.41) is 8.83. The maximum atomic E-state index is 8.83. The van der Waals surface area contributed by atoms with Gasteiger partial charge in [-0.2, -0.15) is 0 Å². The second kappa shape index (κ2) is 5.42. The van der Waals surface area contributed by atoms with Crippen LogP contribution in [-0.2, 0) is 0 Å². The monoisotopic (exact) mass is 126 g/mol. The Morgan fingerprint density at radius 2 is 2.33 bits per heavy atom. The van der Waals surface area contributed by atoms with Crippen LogP contribution in [0.25, 0.3) is 0 Å². The number of hydrogen-bond donors (Lipinski definition) is 1. The lowest BCUT2D eigenvalue weighted by molar-refractivity contribution is 0.429. The summed E-state index contributed by atoms with van der Waals surface area (Å²) in [4.78, 5) is 0. The predicted molar refractivity (Wildman–Crippen MR) is 40.4 cm³/mol. The summed E-state index contributed by atoms with van der Waals surface area (Å²) >= 11 is 0. The van der Waals surface area contributed by atoms with Crippen LogP contribution in [0.5, 0.6) is 0 Å². The van der Waals surface area contributed by atoms with Crippen molar-refractivity contribution in [2.24, 2.45) is 0 Å². The fourth-order valence-corrected chi connectivity index (χ4v) is 0.537. The normalized spacial score (nSPS) is 11.4. The molecular formula is C8H14O. The Kier molecular flexibility index (Phi) is 4.98. The fraction of sp³-hybridized carbons (Fsp3) is 0.500. The number of aliphatic hydroxyl groups excluding tert-OH is 1. The summed E-state index contributed by atoms with van der Waals surface area (Å²) in [6.07, 6.45) is 6.50. The quantitative estimate of drug-likeness (QED) is 0.349. The Labute approximate surface area is 56.7 Å². The molecule has 0 aromatic heterocycles. The summed E-state index contributed by atoms with van der Waals surface area (Å²) in [5.41, 5.74) is 0. The molecule has 0 aliphatic heterocycles. The highest BCUT2D eigenvalue weighted by Crippen LogP contribution is 1.98. The molecule has 0 amide bonds. The topological polar surface area (TPSA) is 20.2 Å². The summed E-state index contributed by atoms with van der Waals surface area (Å²) in [6, 6.07) is 0. The number of aliphatic hydroxyl groups is 1. The molecule has 0 saturated heterocycles. The van der Waals surface area contributed by atoms with Gasteiger partial charge in [0.15, 0.2) is 0 Å². The minimum atomic E-state index is 0.295. The highest BCUT2D eigenvalue weighted by Gasteiger charge is 1.81. The molecule has 0 radical (unpaired) electrons. The molecule has 1 N–H and O–H groups in total. The number of rotatable bonds is 4. The van der Waals surface area contributed by atoms with E-state index in [1.807, 2.05) is 0 Å². The molecule has 0 unspecified atom stereocenters. The van der Waals surface area contributed by atoms with Crippen molar-refractivity contribution >= 4 is 0 Å². The molecular weight excluding hydrogens is 112 g/mol. The van der Waals surface area contributed by atoms with Crippen LogP contribution in [0.15, 0.2) is 24.5 Å². The van der Waals surface area contributed by atoms with E-state index in [0.717, 1.165) is 12.8 Å². The van der Waals surface area contributed by atoms with E-state index in [4.69, 9.17) is 5.11 Å². The van der Waals surface area contributed by atoms with Crippen molar-refractivity contribution in [3.05, 3.63) is 24.5 Å². The van der Waals surface area contributed by atoms with Crippen molar-refractivity contribution in [1.29, 1.82) is 0 Å². The van der Waals surface area contributed by atoms with Crippen LogP contribution in [0.4, 0.5) is 0 Å². The second-order valence-electron chi connectivity index (χ2n) is 1.98. The Morgan fingerprint density at radius 1 is 1.67 bits per heavy atom. The van der Waals surface area contributed by atoms with Gasteiger partial charge in [0.2, 0.25) is 0 Å². The first-order valence-corrected chi connectivity index (χ1v) is 3.32. The molecule has 1 heteroatoms. The number of allylic oxidation sites excluding steroid dienone is 2. The summed E-state index contributed by atoms with van der Waals surface area (Å²) < 4.78 is 0. The van der Waals surface area contributed by atoms with Crippen molar-refractivity contribution in [1.82, 2.24) is 0 Å². The maximum absolute atomic E-state index is 8.83. The van der Waals surface area contributed by atoms with E-state index in [2.05, 4.69) is 13.5 Å². The Bertz CT molecular complexity index is 103. The standard InChI is InChI=1S/C8H14O/c1-3-5-6-7-8(9)4-2/h4,7,9H,2-3,5-6H2,1H3/b8-7-. The molecule has 0 spiro atoms. The van der Waals surface area contributed by atoms with E-state index < -0.39 is 0 Å². The van der Waals surface area contributed by atoms with Gasteiger partial charge in [-0.1, -0.05) is 19.9 Å². The molecule has 52 valence electrons. The molecule has 9 heavy (non-hydrogen) atoms. The Hall–Kier alpha value is -0.720. The zero-order valence-electron chi connectivity index (χ0n) is 5.93. The Balaban J connectivity index is 3.31. The van der Waals surface area contributed by atoms with E-state index in [-0.39, 0.29) is 0 Å². The van der Waals surface area contributed by atoms with Crippen molar-refractivity contribution in [2.45, 2.75) is 26.2 Å². The van der Waals surface area contributed by atoms with Gasteiger partial charge in [-0.3, -0.25) is 0 Å². The molecule has 0 aliphatic rings. The zero-order valence-corrected chi connectivity index (χ0v) is 5.93. The van der Waals surface area contributed by atoms with Gasteiger partial charge in [0.1, 0.15) is 5.76 Å². The van der Waals surface area contributed by atoms with Crippen LogP contribution < -0.4 is 0 Å². The Morgan fingerprint density at radius 3 is 2.78 bits per heavy atom. The summed E-state index contributed by atoms with van der Waals surface area (Å²) in [7, 11) is 0. The first kappa shape index (κ1) is 8.28. The lowest BCUT2D eigenvalue weighted by atomic mass is 10.2. The van der Waals surface area contributed by atoms with Crippen LogP contribution in [0, 0.1) is 0 Å². The third-order valence-electron chi connectivity index (χ3n) is 1.12. The van der Waals surface area contributed by atoms with Gasteiger partial charge in [0.25, 0.3) is 0 Å². The van der Waals surface area contributed by atoms with Crippen molar-refractivity contribution in [3.63, 3.8) is 0 Å². The van der Waals surface area contributed by atoms with Crippen molar-refractivity contribution in [3.8, 4) is 0 Å². The van der Waals surface area contributed by atoms with Crippen LogP contribution >= 0.6 is 0 Å². The molecule has 0 saturated carbocycles. The average molecular weight is 126 g/mol. The zero-order chi connectivity index (χ0) is 7.11. The van der Waals surface area contributed by atoms with Gasteiger partial charge >= 0.3 is 0 Å². The van der Waals surface area contributed by atoms with E-state index >= 15 is 0 Å². The molecule has 0 atom stereocenters. The van der Waals surface area contributed by atoms with Gasteiger partial charge in [0.05, 0.1) is 0 Å². The minimum absolute atomic E-state index is 0.295. The fourth-order valence-electron chi connectivity index (χ4n) is 0.537. The third-order valence-corrected chi connectivity index (χ3v) is 1.12. The molecule has 0 aromatic carbocycles. The molecule has 0 fully saturated rings. The van der Waals surface area contributed by atoms with Gasteiger partial charge in [0, 0.05) is 0 Å². The molecule has 1 nitrogen and oxygen atoms in total. The van der Waals surface area contributed by atoms with E-state index in [0.29, 0.717) is 5.76 Å². The first-order chi connectivity index (χ1) is 4.31. The highest BCUT2D eigenvalue weighted by molar-refractivity contribution is 5.05. The summed E-state index contributed by atoms with van der Waals surface area (Å²) in [6.45, 7) is 5.54. The molecule has 0 heterocycles. The van der Waals surface area contributed by atoms with Gasteiger partial charge < -0.3 is 5.11 Å². The van der Waals surface area contributed by atoms with E-state index in [1.54, 1.807) is 6.08 Å². The van der Waals surface area contributed by atoms with Crippen LogP contribution in [0.1, 0.15) is 26.2 Å². The number of hydrogen-bond acceptors (Lipinski definition) is 1. The first-order valence-electron chi connectivity index (χ1n) is 3.32. The summed E-state index contributed by atoms with van der Waals surface area (Å²) in [5.74, 6) is 0.295.